The van der Waals surface area contributed by atoms with Crippen LogP contribution in [0.2, 0.25) is 0 Å². The van der Waals surface area contributed by atoms with E-state index >= 15 is 0 Å². The van der Waals surface area contributed by atoms with E-state index in [4.69, 9.17) is 4.98 Å². The lowest BCUT2D eigenvalue weighted by molar-refractivity contribution is -0.930. The van der Waals surface area contributed by atoms with Crippen molar-refractivity contribution in [1.29, 1.82) is 0 Å². The molecule has 0 radical (unpaired) electrons. The van der Waals surface area contributed by atoms with Gasteiger partial charge >= 0.3 is 0 Å². The first-order valence-corrected chi connectivity index (χ1v) is 9.53. The van der Waals surface area contributed by atoms with Gasteiger partial charge in [0.1, 0.15) is 17.9 Å². The van der Waals surface area contributed by atoms with Crippen molar-refractivity contribution < 1.29 is 4.90 Å². The Balaban J connectivity index is 1.45. The van der Waals surface area contributed by atoms with Gasteiger partial charge in [0, 0.05) is 16.9 Å². The van der Waals surface area contributed by atoms with E-state index < -0.39 is 0 Å². The van der Waals surface area contributed by atoms with Gasteiger partial charge in [-0.25, -0.2) is 4.98 Å². The predicted octanol–water partition coefficient (Wildman–Crippen LogP) is 1.61. The van der Waals surface area contributed by atoms with Crippen molar-refractivity contribution in [3.05, 3.63) is 62.0 Å². The number of fused-ring (bicyclic) bond motifs is 4. The molecule has 3 aromatic rings. The van der Waals surface area contributed by atoms with Gasteiger partial charge in [-0.15, -0.1) is 11.3 Å². The fourth-order valence-corrected chi connectivity index (χ4v) is 5.44. The van der Waals surface area contributed by atoms with Crippen molar-refractivity contribution >= 4 is 21.6 Å². The van der Waals surface area contributed by atoms with Gasteiger partial charge in [0.2, 0.25) is 0 Å². The zero-order valence-electron chi connectivity index (χ0n) is 13.5. The minimum atomic E-state index is 0.0613. The third-order valence-electron chi connectivity index (χ3n) is 5.35. The summed E-state index contributed by atoms with van der Waals surface area (Å²) in [6.07, 6.45) is 4.42. The summed E-state index contributed by atoms with van der Waals surface area (Å²) in [5, 5.41) is 0.857. The number of nitrogens with one attached hydrogen (secondary N) is 2. The quantitative estimate of drug-likeness (QED) is 0.746. The van der Waals surface area contributed by atoms with Crippen LogP contribution in [0.1, 0.15) is 33.8 Å². The van der Waals surface area contributed by atoms with E-state index in [0.29, 0.717) is 0 Å². The molecule has 0 saturated heterocycles. The van der Waals surface area contributed by atoms with Crippen LogP contribution in [-0.4, -0.2) is 16.5 Å². The average molecular weight is 338 g/mol. The Morgan fingerprint density at radius 2 is 2.04 bits per heavy atom. The van der Waals surface area contributed by atoms with Crippen LogP contribution in [0.15, 0.2) is 29.1 Å². The summed E-state index contributed by atoms with van der Waals surface area (Å²) in [5.41, 5.74) is 4.21. The molecule has 1 atom stereocenters. The highest BCUT2D eigenvalue weighted by Gasteiger charge is 2.23. The molecule has 2 N–H and O–H groups in total. The number of aromatic amines is 1. The molecule has 122 valence electrons. The first-order valence-electron chi connectivity index (χ1n) is 8.72. The van der Waals surface area contributed by atoms with Crippen molar-refractivity contribution in [2.45, 2.75) is 38.8 Å². The number of hydrogen-bond acceptors (Lipinski definition) is 3. The van der Waals surface area contributed by atoms with Gasteiger partial charge in [-0.2, -0.15) is 0 Å². The van der Waals surface area contributed by atoms with Crippen LogP contribution in [0, 0.1) is 0 Å². The number of thiophene rings is 1. The van der Waals surface area contributed by atoms with Crippen LogP contribution in [0.5, 0.6) is 0 Å². The van der Waals surface area contributed by atoms with Gasteiger partial charge in [-0.3, -0.25) is 4.79 Å². The molecule has 0 fully saturated rings. The Labute approximate surface area is 144 Å². The maximum atomic E-state index is 12.6. The second kappa shape index (κ2) is 5.53. The molecule has 3 heterocycles. The number of aromatic nitrogens is 2. The fraction of sp³-hybridized carbons (Fsp3) is 0.368. The van der Waals surface area contributed by atoms with Gasteiger partial charge in [0.25, 0.3) is 5.56 Å². The number of hydrogen-bond donors (Lipinski definition) is 2. The highest BCUT2D eigenvalue weighted by Crippen LogP contribution is 2.34. The number of H-pyrrole nitrogens is 1. The molecule has 2 aromatic heterocycles. The maximum absolute atomic E-state index is 12.6. The Hall–Kier alpha value is -1.98. The Bertz CT molecular complexity index is 988. The highest BCUT2D eigenvalue weighted by atomic mass is 32.1. The molecule has 1 aliphatic heterocycles. The summed E-state index contributed by atoms with van der Waals surface area (Å²) in [6.45, 7) is 2.90. The molecule has 24 heavy (non-hydrogen) atoms. The molecule has 0 amide bonds. The molecule has 2 aliphatic rings. The van der Waals surface area contributed by atoms with Crippen LogP contribution in [0.3, 0.4) is 0 Å². The Kier molecular flexibility index (Phi) is 3.31. The van der Waals surface area contributed by atoms with Crippen LogP contribution >= 0.6 is 11.3 Å². The van der Waals surface area contributed by atoms with Gasteiger partial charge < -0.3 is 9.88 Å². The number of rotatable bonds is 2. The minimum Gasteiger partial charge on any atom is -0.325 e. The van der Waals surface area contributed by atoms with Gasteiger partial charge in [-0.1, -0.05) is 24.3 Å². The lowest BCUT2D eigenvalue weighted by Gasteiger charge is -2.25. The molecule has 0 bridgehead atoms. The van der Waals surface area contributed by atoms with E-state index in [1.54, 1.807) is 11.3 Å². The van der Waals surface area contributed by atoms with Gasteiger partial charge in [0.05, 0.1) is 11.9 Å². The second-order valence-corrected chi connectivity index (χ2v) is 8.01. The predicted molar refractivity (Wildman–Crippen MR) is 95.6 cm³/mol. The van der Waals surface area contributed by atoms with Crippen LogP contribution in [0.25, 0.3) is 10.2 Å². The third-order valence-corrected chi connectivity index (χ3v) is 6.53. The van der Waals surface area contributed by atoms with Crippen LogP contribution in [0.4, 0.5) is 0 Å². The van der Waals surface area contributed by atoms with Crippen molar-refractivity contribution in [2.75, 3.05) is 6.54 Å². The highest BCUT2D eigenvalue weighted by molar-refractivity contribution is 7.18. The number of benzene rings is 1. The summed E-state index contributed by atoms with van der Waals surface area (Å²) < 4.78 is 0. The van der Waals surface area contributed by atoms with E-state index in [1.165, 1.54) is 32.9 Å². The molecule has 4 nitrogen and oxygen atoms in total. The van der Waals surface area contributed by atoms with E-state index in [2.05, 4.69) is 29.2 Å². The summed E-state index contributed by atoms with van der Waals surface area (Å²) in [6, 6.07) is 8.68. The Morgan fingerprint density at radius 1 is 1.17 bits per heavy atom. The molecular weight excluding hydrogens is 318 g/mol. The fourth-order valence-electron chi connectivity index (χ4n) is 4.16. The first-order chi connectivity index (χ1) is 11.8. The zero-order chi connectivity index (χ0) is 16.1. The summed E-state index contributed by atoms with van der Waals surface area (Å²) in [4.78, 5) is 24.2. The van der Waals surface area contributed by atoms with Gasteiger partial charge in [0.15, 0.2) is 5.82 Å². The number of aryl methyl sites for hydroxylation is 2. The van der Waals surface area contributed by atoms with E-state index in [-0.39, 0.29) is 5.56 Å². The molecule has 1 unspecified atom stereocenters. The molecule has 0 spiro atoms. The summed E-state index contributed by atoms with van der Waals surface area (Å²) in [5.74, 6) is 0.835. The third kappa shape index (κ3) is 2.31. The average Bonchev–Trinajstić information content (AvgIpc) is 3.15. The largest absolute Gasteiger partial charge is 0.325 e. The minimum absolute atomic E-state index is 0.0613. The van der Waals surface area contributed by atoms with E-state index in [0.717, 1.165) is 54.9 Å². The van der Waals surface area contributed by atoms with Crippen molar-refractivity contribution in [3.63, 3.8) is 0 Å². The van der Waals surface area contributed by atoms with Gasteiger partial charge in [-0.05, 0) is 30.4 Å². The van der Waals surface area contributed by atoms with Crippen molar-refractivity contribution in [1.82, 2.24) is 9.97 Å². The molecule has 5 heteroatoms. The summed E-state index contributed by atoms with van der Waals surface area (Å²) in [7, 11) is 0. The van der Waals surface area contributed by atoms with Crippen molar-refractivity contribution in [2.24, 2.45) is 0 Å². The summed E-state index contributed by atoms with van der Waals surface area (Å²) >= 11 is 1.72. The SMILES string of the molecule is O=c1[nH]c(C[NH+]2CCc3ccccc3C2)nc2sc3c(c12)CCC3. The van der Waals surface area contributed by atoms with E-state index in [9.17, 15) is 4.79 Å². The number of nitrogens with zero attached hydrogens (tertiary/aromatic N) is 1. The smallest absolute Gasteiger partial charge is 0.260 e. The maximum Gasteiger partial charge on any atom is 0.260 e. The molecule has 1 aliphatic carbocycles. The van der Waals surface area contributed by atoms with Crippen molar-refractivity contribution in [3.8, 4) is 0 Å². The normalized spacial score (nSPS) is 19.4. The lowest BCUT2D eigenvalue weighted by atomic mass is 10.00. The second-order valence-electron chi connectivity index (χ2n) is 6.92. The molecule has 0 saturated carbocycles. The van der Waals surface area contributed by atoms with E-state index in [1.807, 2.05) is 0 Å². The topological polar surface area (TPSA) is 50.2 Å². The molecule has 1 aromatic carbocycles. The Morgan fingerprint density at radius 3 is 2.96 bits per heavy atom. The lowest BCUT2D eigenvalue weighted by Crippen LogP contribution is -3.10. The molecular formula is C19H20N3OS+. The number of quaternary nitrogens is 1. The molecule has 5 rings (SSSR count). The monoisotopic (exact) mass is 338 g/mol. The zero-order valence-corrected chi connectivity index (χ0v) is 14.3. The standard InChI is InChI=1S/C19H19N3OS/c23-18-17-14-6-3-7-15(14)24-19(17)21-16(20-18)11-22-9-8-12-4-1-2-5-13(12)10-22/h1-2,4-5H,3,6-11H2,(H,20,21,23)/p+1. The first kappa shape index (κ1) is 14.4. The van der Waals surface area contributed by atoms with Crippen LogP contribution in [-0.2, 0) is 32.4 Å². The van der Waals surface area contributed by atoms with Crippen LogP contribution < -0.4 is 10.5 Å².